The van der Waals surface area contributed by atoms with Gasteiger partial charge in [-0.1, -0.05) is 18.2 Å². The Hall–Kier alpha value is -3.22. The van der Waals surface area contributed by atoms with Crippen LogP contribution in [0.5, 0.6) is 0 Å². The maximum absolute atomic E-state index is 12.8. The summed E-state index contributed by atoms with van der Waals surface area (Å²) in [4.78, 5) is 30.0. The molecule has 1 saturated heterocycles. The summed E-state index contributed by atoms with van der Waals surface area (Å²) in [6.45, 7) is 5.93. The molecule has 1 amide bonds. The molecule has 2 heterocycles. The van der Waals surface area contributed by atoms with Crippen LogP contribution in [-0.4, -0.2) is 38.4 Å². The predicted molar refractivity (Wildman–Crippen MR) is 111 cm³/mol. The highest BCUT2D eigenvalue weighted by Crippen LogP contribution is 2.25. The van der Waals surface area contributed by atoms with Crippen molar-refractivity contribution in [1.29, 1.82) is 0 Å². The average Bonchev–Trinajstić information content (AvgIpc) is 3.03. The zero-order valence-corrected chi connectivity index (χ0v) is 16.7. The van der Waals surface area contributed by atoms with Gasteiger partial charge in [0.1, 0.15) is 5.82 Å². The standard InChI is InChI=1S/C22H24N4O3/c1-15-7-8-18(13-21(15)26(28)29)22(27)24-11-9-17(10-12-24)14-25-16(2)23-19-5-3-4-6-20(19)25/h3-8,13,17H,9-12,14H2,1-2H3. The summed E-state index contributed by atoms with van der Waals surface area (Å²) in [6.07, 6.45) is 1.82. The van der Waals surface area contributed by atoms with Crippen molar-refractivity contribution < 1.29 is 9.72 Å². The number of aromatic nitrogens is 2. The second-order valence-corrected chi connectivity index (χ2v) is 7.75. The first-order chi connectivity index (χ1) is 13.9. The van der Waals surface area contributed by atoms with E-state index in [1.165, 1.54) is 6.07 Å². The van der Waals surface area contributed by atoms with Crippen LogP contribution in [0.3, 0.4) is 0 Å². The predicted octanol–water partition coefficient (Wildman–Crippen LogP) is 4.11. The fraction of sp³-hybridized carbons (Fsp3) is 0.364. The summed E-state index contributed by atoms with van der Waals surface area (Å²) in [5.74, 6) is 1.36. The molecule has 1 aliphatic rings. The lowest BCUT2D eigenvalue weighted by atomic mass is 9.96. The molecule has 0 atom stereocenters. The number of para-hydroxylation sites is 2. The number of carbonyl (C=O) groups is 1. The normalized spacial score (nSPS) is 15.0. The molecule has 2 aromatic carbocycles. The van der Waals surface area contributed by atoms with E-state index in [2.05, 4.69) is 15.6 Å². The van der Waals surface area contributed by atoms with Crippen molar-refractivity contribution in [2.24, 2.45) is 5.92 Å². The lowest BCUT2D eigenvalue weighted by Gasteiger charge is -2.32. The van der Waals surface area contributed by atoms with Gasteiger partial charge in [-0.15, -0.1) is 0 Å². The summed E-state index contributed by atoms with van der Waals surface area (Å²) in [6, 6.07) is 12.9. The van der Waals surface area contributed by atoms with Crippen LogP contribution in [0.4, 0.5) is 5.69 Å². The van der Waals surface area contributed by atoms with Crippen molar-refractivity contribution in [2.75, 3.05) is 13.1 Å². The maximum atomic E-state index is 12.8. The van der Waals surface area contributed by atoms with Gasteiger partial charge in [0, 0.05) is 36.8 Å². The Labute approximate surface area is 169 Å². The Morgan fingerprint density at radius 2 is 1.90 bits per heavy atom. The van der Waals surface area contributed by atoms with Crippen LogP contribution in [0.25, 0.3) is 11.0 Å². The van der Waals surface area contributed by atoms with Gasteiger partial charge in [-0.05, 0) is 50.8 Å². The lowest BCUT2D eigenvalue weighted by molar-refractivity contribution is -0.385. The Balaban J connectivity index is 1.43. The Bertz CT molecular complexity index is 1080. The molecule has 7 heteroatoms. The van der Waals surface area contributed by atoms with Gasteiger partial charge in [0.25, 0.3) is 11.6 Å². The summed E-state index contributed by atoms with van der Waals surface area (Å²) in [5, 5.41) is 11.2. The molecule has 3 aromatic rings. The number of piperidine rings is 1. The number of hydrogen-bond donors (Lipinski definition) is 0. The molecule has 0 N–H and O–H groups in total. The topological polar surface area (TPSA) is 81.3 Å². The summed E-state index contributed by atoms with van der Waals surface area (Å²) in [5.41, 5.74) is 3.10. The molecular weight excluding hydrogens is 368 g/mol. The number of hydrogen-bond acceptors (Lipinski definition) is 4. The van der Waals surface area contributed by atoms with E-state index in [0.717, 1.165) is 36.2 Å². The van der Waals surface area contributed by atoms with Gasteiger partial charge < -0.3 is 9.47 Å². The van der Waals surface area contributed by atoms with Gasteiger partial charge in [-0.3, -0.25) is 14.9 Å². The van der Waals surface area contributed by atoms with Gasteiger partial charge in [0.05, 0.1) is 16.0 Å². The number of fused-ring (bicyclic) bond motifs is 1. The number of nitro benzene ring substituents is 1. The Morgan fingerprint density at radius 1 is 1.17 bits per heavy atom. The SMILES string of the molecule is Cc1ccc(C(=O)N2CCC(Cn3c(C)nc4ccccc43)CC2)cc1[N+](=O)[O-]. The number of aryl methyl sites for hydroxylation is 2. The molecule has 4 rings (SSSR count). The summed E-state index contributed by atoms with van der Waals surface area (Å²) in [7, 11) is 0. The molecular formula is C22H24N4O3. The maximum Gasteiger partial charge on any atom is 0.273 e. The van der Waals surface area contributed by atoms with E-state index in [0.29, 0.717) is 30.1 Å². The molecule has 0 spiro atoms. The second kappa shape index (κ2) is 7.66. The number of nitrogens with zero attached hydrogens (tertiary/aromatic N) is 4. The first kappa shape index (κ1) is 19.1. The molecule has 150 valence electrons. The zero-order valence-electron chi connectivity index (χ0n) is 16.7. The van der Waals surface area contributed by atoms with Crippen molar-refractivity contribution in [3.05, 3.63) is 69.5 Å². The third-order valence-corrected chi connectivity index (χ3v) is 5.84. The number of carbonyl (C=O) groups excluding carboxylic acids is 1. The number of imidazole rings is 1. The van der Waals surface area contributed by atoms with Crippen LogP contribution in [0.15, 0.2) is 42.5 Å². The van der Waals surface area contributed by atoms with E-state index in [-0.39, 0.29) is 11.6 Å². The Kier molecular flexibility index (Phi) is 5.05. The highest BCUT2D eigenvalue weighted by atomic mass is 16.6. The van der Waals surface area contributed by atoms with Crippen LogP contribution < -0.4 is 0 Å². The van der Waals surface area contributed by atoms with E-state index in [1.807, 2.05) is 30.0 Å². The van der Waals surface area contributed by atoms with Crippen molar-refractivity contribution >= 4 is 22.6 Å². The number of likely N-dealkylation sites (tertiary alicyclic amines) is 1. The van der Waals surface area contributed by atoms with E-state index < -0.39 is 4.92 Å². The van der Waals surface area contributed by atoms with Gasteiger partial charge in [0.15, 0.2) is 0 Å². The van der Waals surface area contributed by atoms with Crippen LogP contribution in [0.1, 0.15) is 34.6 Å². The molecule has 1 aromatic heterocycles. The van der Waals surface area contributed by atoms with E-state index in [9.17, 15) is 14.9 Å². The van der Waals surface area contributed by atoms with Crippen molar-refractivity contribution in [3.63, 3.8) is 0 Å². The Morgan fingerprint density at radius 3 is 2.62 bits per heavy atom. The van der Waals surface area contributed by atoms with Gasteiger partial charge in [-0.25, -0.2) is 4.98 Å². The molecule has 1 fully saturated rings. The summed E-state index contributed by atoms with van der Waals surface area (Å²) < 4.78 is 2.26. The molecule has 7 nitrogen and oxygen atoms in total. The molecule has 0 unspecified atom stereocenters. The minimum absolute atomic E-state index is 0.00630. The fourth-order valence-corrected chi connectivity index (χ4v) is 4.12. The van der Waals surface area contributed by atoms with Crippen LogP contribution >= 0.6 is 0 Å². The van der Waals surface area contributed by atoms with Crippen LogP contribution in [-0.2, 0) is 6.54 Å². The summed E-state index contributed by atoms with van der Waals surface area (Å²) >= 11 is 0. The molecule has 0 radical (unpaired) electrons. The molecule has 1 aliphatic heterocycles. The van der Waals surface area contributed by atoms with Crippen LogP contribution in [0.2, 0.25) is 0 Å². The average molecular weight is 392 g/mol. The number of amides is 1. The number of nitro groups is 1. The third-order valence-electron chi connectivity index (χ3n) is 5.84. The largest absolute Gasteiger partial charge is 0.339 e. The molecule has 0 saturated carbocycles. The lowest BCUT2D eigenvalue weighted by Crippen LogP contribution is -2.39. The van der Waals surface area contributed by atoms with E-state index >= 15 is 0 Å². The monoisotopic (exact) mass is 392 g/mol. The van der Waals surface area contributed by atoms with E-state index in [1.54, 1.807) is 19.1 Å². The minimum Gasteiger partial charge on any atom is -0.339 e. The zero-order chi connectivity index (χ0) is 20.5. The van der Waals surface area contributed by atoms with Crippen molar-refractivity contribution in [2.45, 2.75) is 33.2 Å². The first-order valence-electron chi connectivity index (χ1n) is 9.90. The highest BCUT2D eigenvalue weighted by Gasteiger charge is 2.26. The van der Waals surface area contributed by atoms with Crippen molar-refractivity contribution in [1.82, 2.24) is 14.5 Å². The number of rotatable bonds is 4. The van der Waals surface area contributed by atoms with E-state index in [4.69, 9.17) is 0 Å². The second-order valence-electron chi connectivity index (χ2n) is 7.75. The number of benzene rings is 2. The fourth-order valence-electron chi connectivity index (χ4n) is 4.12. The molecule has 29 heavy (non-hydrogen) atoms. The highest BCUT2D eigenvalue weighted by molar-refractivity contribution is 5.95. The third kappa shape index (κ3) is 3.72. The van der Waals surface area contributed by atoms with Gasteiger partial charge in [-0.2, -0.15) is 0 Å². The van der Waals surface area contributed by atoms with Crippen LogP contribution in [0, 0.1) is 29.9 Å². The first-order valence-corrected chi connectivity index (χ1v) is 9.90. The van der Waals surface area contributed by atoms with Gasteiger partial charge in [0.2, 0.25) is 0 Å². The quantitative estimate of drug-likeness (QED) is 0.494. The molecule has 0 aliphatic carbocycles. The molecule has 0 bridgehead atoms. The van der Waals surface area contributed by atoms with Crippen molar-refractivity contribution in [3.8, 4) is 0 Å². The minimum atomic E-state index is -0.434. The smallest absolute Gasteiger partial charge is 0.273 e. The van der Waals surface area contributed by atoms with Gasteiger partial charge >= 0.3 is 0 Å².